The van der Waals surface area contributed by atoms with Crippen LogP contribution in [0.3, 0.4) is 0 Å². The average Bonchev–Trinajstić information content (AvgIpc) is 2.67. The van der Waals surface area contributed by atoms with E-state index in [0.29, 0.717) is 17.7 Å². The van der Waals surface area contributed by atoms with Gasteiger partial charge in [0.25, 0.3) is 0 Å². The van der Waals surface area contributed by atoms with Gasteiger partial charge in [-0.1, -0.05) is 26.0 Å². The Labute approximate surface area is 169 Å². The van der Waals surface area contributed by atoms with Gasteiger partial charge in [0.2, 0.25) is 15.9 Å². The minimum absolute atomic E-state index is 0.105. The van der Waals surface area contributed by atoms with E-state index >= 15 is 0 Å². The number of amides is 1. The molecule has 2 aromatic carbocycles. The number of hydrogen-bond donors (Lipinski definition) is 2. The number of halogens is 2. The first-order chi connectivity index (χ1) is 13.7. The Morgan fingerprint density at radius 1 is 1.03 bits per heavy atom. The molecule has 0 radical (unpaired) electrons. The van der Waals surface area contributed by atoms with Gasteiger partial charge in [-0.2, -0.15) is 0 Å². The molecule has 0 fully saturated rings. The zero-order valence-corrected chi connectivity index (χ0v) is 17.1. The van der Waals surface area contributed by atoms with E-state index in [-0.39, 0.29) is 32.0 Å². The first-order valence-electron chi connectivity index (χ1n) is 9.13. The Bertz CT molecular complexity index is 932. The van der Waals surface area contributed by atoms with Crippen LogP contribution < -0.4 is 14.8 Å². The quantitative estimate of drug-likeness (QED) is 0.572. The lowest BCUT2D eigenvalue weighted by Crippen LogP contribution is -2.32. The van der Waals surface area contributed by atoms with Crippen LogP contribution in [0.25, 0.3) is 0 Å². The summed E-state index contributed by atoms with van der Waals surface area (Å²) < 4.78 is 57.8. The van der Waals surface area contributed by atoms with Crippen LogP contribution in [0.1, 0.15) is 31.7 Å². The standard InChI is InChI=1S/C20H24F2N2O4S/c1-14(2)15-3-5-16(6-4-15)28-12-11-23-20(25)9-10-24-29(26,27)17-7-8-18(21)19(22)13-17/h3-8,13-14,24H,9-12H2,1-2H3,(H,23,25). The van der Waals surface area contributed by atoms with Crippen molar-refractivity contribution in [3.63, 3.8) is 0 Å². The highest BCUT2D eigenvalue weighted by Gasteiger charge is 2.16. The monoisotopic (exact) mass is 426 g/mol. The topological polar surface area (TPSA) is 84.5 Å². The molecule has 2 rings (SSSR count). The smallest absolute Gasteiger partial charge is 0.240 e. The molecule has 1 amide bonds. The predicted octanol–water partition coefficient (Wildman–Crippen LogP) is 2.95. The van der Waals surface area contributed by atoms with E-state index in [1.807, 2.05) is 24.3 Å². The highest BCUT2D eigenvalue weighted by molar-refractivity contribution is 7.89. The summed E-state index contributed by atoms with van der Waals surface area (Å²) in [6, 6.07) is 9.96. The Morgan fingerprint density at radius 3 is 2.34 bits per heavy atom. The van der Waals surface area contributed by atoms with Gasteiger partial charge in [-0.15, -0.1) is 0 Å². The van der Waals surface area contributed by atoms with Gasteiger partial charge in [0.15, 0.2) is 11.6 Å². The molecule has 0 spiro atoms. The molecule has 0 aliphatic carbocycles. The number of carbonyl (C=O) groups is 1. The second-order valence-electron chi connectivity index (χ2n) is 6.65. The Kier molecular flexibility index (Phi) is 8.10. The number of sulfonamides is 1. The summed E-state index contributed by atoms with van der Waals surface area (Å²) in [7, 11) is -4.03. The van der Waals surface area contributed by atoms with Crippen LogP contribution in [-0.4, -0.2) is 34.0 Å². The molecule has 9 heteroatoms. The summed E-state index contributed by atoms with van der Waals surface area (Å²) >= 11 is 0. The molecule has 158 valence electrons. The summed E-state index contributed by atoms with van der Waals surface area (Å²) in [5.74, 6) is -1.63. The Morgan fingerprint density at radius 2 is 1.72 bits per heavy atom. The molecule has 0 aliphatic heterocycles. The first-order valence-corrected chi connectivity index (χ1v) is 10.6. The molecule has 0 aliphatic rings. The van der Waals surface area contributed by atoms with E-state index < -0.39 is 26.6 Å². The van der Waals surface area contributed by atoms with Crippen LogP contribution in [0.15, 0.2) is 47.4 Å². The molecule has 0 saturated carbocycles. The summed E-state index contributed by atoms with van der Waals surface area (Å²) in [5, 5.41) is 2.62. The number of benzene rings is 2. The van der Waals surface area contributed by atoms with Gasteiger partial charge in [-0.3, -0.25) is 4.79 Å². The predicted molar refractivity (Wildman–Crippen MR) is 105 cm³/mol. The van der Waals surface area contributed by atoms with Crippen molar-refractivity contribution in [2.75, 3.05) is 19.7 Å². The molecule has 0 bridgehead atoms. The molecular formula is C20H24F2N2O4S. The van der Waals surface area contributed by atoms with Crippen molar-refractivity contribution in [2.45, 2.75) is 31.1 Å². The van der Waals surface area contributed by atoms with Gasteiger partial charge in [0.1, 0.15) is 12.4 Å². The van der Waals surface area contributed by atoms with Gasteiger partial charge in [-0.05, 0) is 41.8 Å². The minimum Gasteiger partial charge on any atom is -0.492 e. The maximum absolute atomic E-state index is 13.2. The zero-order chi connectivity index (χ0) is 21.4. The van der Waals surface area contributed by atoms with Gasteiger partial charge in [0.05, 0.1) is 11.4 Å². The highest BCUT2D eigenvalue weighted by Crippen LogP contribution is 2.18. The lowest BCUT2D eigenvalue weighted by molar-refractivity contribution is -0.121. The molecule has 0 atom stereocenters. The molecule has 29 heavy (non-hydrogen) atoms. The zero-order valence-electron chi connectivity index (χ0n) is 16.2. The summed E-state index contributed by atoms with van der Waals surface area (Å²) in [6.45, 7) is 4.56. The molecule has 0 aromatic heterocycles. The second kappa shape index (κ2) is 10.3. The molecule has 0 heterocycles. The summed E-state index contributed by atoms with van der Waals surface area (Å²) in [4.78, 5) is 11.4. The van der Waals surface area contributed by atoms with Crippen LogP contribution in [0.2, 0.25) is 0 Å². The van der Waals surface area contributed by atoms with Crippen molar-refractivity contribution in [3.05, 3.63) is 59.7 Å². The lowest BCUT2D eigenvalue weighted by Gasteiger charge is -2.10. The number of hydrogen-bond acceptors (Lipinski definition) is 4. The molecule has 0 saturated heterocycles. The normalized spacial score (nSPS) is 11.5. The largest absolute Gasteiger partial charge is 0.492 e. The van der Waals surface area contributed by atoms with Crippen molar-refractivity contribution >= 4 is 15.9 Å². The fourth-order valence-electron chi connectivity index (χ4n) is 2.42. The maximum Gasteiger partial charge on any atom is 0.240 e. The molecule has 2 aromatic rings. The van der Waals surface area contributed by atoms with Crippen LogP contribution in [-0.2, 0) is 14.8 Å². The van der Waals surface area contributed by atoms with Crippen LogP contribution in [0.4, 0.5) is 8.78 Å². The van der Waals surface area contributed by atoms with Gasteiger partial charge < -0.3 is 10.1 Å². The van der Waals surface area contributed by atoms with Gasteiger partial charge >= 0.3 is 0 Å². The van der Waals surface area contributed by atoms with Crippen molar-refractivity contribution in [3.8, 4) is 5.75 Å². The minimum atomic E-state index is -4.03. The van der Waals surface area contributed by atoms with E-state index in [9.17, 15) is 22.0 Å². The highest BCUT2D eigenvalue weighted by atomic mass is 32.2. The van der Waals surface area contributed by atoms with Crippen LogP contribution in [0.5, 0.6) is 5.75 Å². The Hall–Kier alpha value is -2.52. The van der Waals surface area contributed by atoms with Crippen molar-refractivity contribution in [2.24, 2.45) is 0 Å². The van der Waals surface area contributed by atoms with E-state index in [1.54, 1.807) is 0 Å². The molecule has 0 unspecified atom stereocenters. The van der Waals surface area contributed by atoms with E-state index in [4.69, 9.17) is 4.74 Å². The van der Waals surface area contributed by atoms with Crippen molar-refractivity contribution < 1.29 is 26.7 Å². The third kappa shape index (κ3) is 7.10. The van der Waals surface area contributed by atoms with E-state index in [0.717, 1.165) is 12.1 Å². The van der Waals surface area contributed by atoms with E-state index in [1.165, 1.54) is 5.56 Å². The lowest BCUT2D eigenvalue weighted by atomic mass is 10.0. The second-order valence-corrected chi connectivity index (χ2v) is 8.41. The van der Waals surface area contributed by atoms with E-state index in [2.05, 4.69) is 23.9 Å². The third-order valence-corrected chi connectivity index (χ3v) is 5.54. The maximum atomic E-state index is 13.2. The van der Waals surface area contributed by atoms with Gasteiger partial charge in [0, 0.05) is 13.0 Å². The van der Waals surface area contributed by atoms with Crippen molar-refractivity contribution in [1.82, 2.24) is 10.0 Å². The summed E-state index contributed by atoms with van der Waals surface area (Å²) in [6.07, 6.45) is -0.105. The first kappa shape index (κ1) is 22.8. The number of ether oxygens (including phenoxy) is 1. The fourth-order valence-corrected chi connectivity index (χ4v) is 3.47. The number of nitrogens with one attached hydrogen (secondary N) is 2. The number of rotatable bonds is 10. The van der Waals surface area contributed by atoms with Crippen LogP contribution >= 0.6 is 0 Å². The fraction of sp³-hybridized carbons (Fsp3) is 0.350. The molecule has 2 N–H and O–H groups in total. The number of carbonyl (C=O) groups excluding carboxylic acids is 1. The summed E-state index contributed by atoms with van der Waals surface area (Å²) in [5.41, 5.74) is 1.21. The molecule has 6 nitrogen and oxygen atoms in total. The third-order valence-electron chi connectivity index (χ3n) is 4.09. The van der Waals surface area contributed by atoms with Gasteiger partial charge in [-0.25, -0.2) is 21.9 Å². The SMILES string of the molecule is CC(C)c1ccc(OCCNC(=O)CCNS(=O)(=O)c2ccc(F)c(F)c2)cc1. The van der Waals surface area contributed by atoms with Crippen LogP contribution in [0, 0.1) is 11.6 Å². The average molecular weight is 426 g/mol. The molecular weight excluding hydrogens is 402 g/mol. The van der Waals surface area contributed by atoms with Crippen molar-refractivity contribution in [1.29, 1.82) is 0 Å². The Balaban J connectivity index is 1.68.